The first-order valence-electron chi connectivity index (χ1n) is 6.00. The van der Waals surface area contributed by atoms with E-state index >= 15 is 0 Å². The summed E-state index contributed by atoms with van der Waals surface area (Å²) >= 11 is 0. The van der Waals surface area contributed by atoms with Crippen LogP contribution in [0.15, 0.2) is 0 Å². The Labute approximate surface area is 102 Å². The number of aliphatic hydroxyl groups is 1. The monoisotopic (exact) mass is 245 g/mol. The Morgan fingerprint density at radius 1 is 1.41 bits per heavy atom. The average Bonchev–Trinajstić information content (AvgIpc) is 2.25. The van der Waals surface area contributed by atoms with E-state index in [1.807, 2.05) is 20.8 Å². The SMILES string of the molecule is CC(C)(C)NC(=O)OCC1(CO)CCOCC1. The smallest absolute Gasteiger partial charge is 0.407 e. The molecule has 1 rings (SSSR count). The molecule has 0 aromatic carbocycles. The predicted octanol–water partition coefficient (Wildman–Crippen LogP) is 1.30. The highest BCUT2D eigenvalue weighted by Crippen LogP contribution is 2.30. The molecule has 0 spiro atoms. The highest BCUT2D eigenvalue weighted by molar-refractivity contribution is 5.68. The van der Waals surface area contributed by atoms with Crippen LogP contribution in [0.4, 0.5) is 4.79 Å². The minimum Gasteiger partial charge on any atom is -0.449 e. The van der Waals surface area contributed by atoms with Gasteiger partial charge in [0.2, 0.25) is 0 Å². The highest BCUT2D eigenvalue weighted by atomic mass is 16.6. The molecule has 0 unspecified atom stereocenters. The Morgan fingerprint density at radius 2 is 2.00 bits per heavy atom. The zero-order valence-corrected chi connectivity index (χ0v) is 10.9. The summed E-state index contributed by atoms with van der Waals surface area (Å²) in [6.07, 6.45) is 1.02. The van der Waals surface area contributed by atoms with Crippen LogP contribution in [-0.4, -0.2) is 43.2 Å². The van der Waals surface area contributed by atoms with Crippen molar-refractivity contribution in [1.82, 2.24) is 5.32 Å². The Morgan fingerprint density at radius 3 is 2.47 bits per heavy atom. The fourth-order valence-electron chi connectivity index (χ4n) is 1.71. The topological polar surface area (TPSA) is 67.8 Å². The van der Waals surface area contributed by atoms with Crippen LogP contribution >= 0.6 is 0 Å². The molecule has 0 aliphatic carbocycles. The second-order valence-corrected chi connectivity index (χ2v) is 5.72. The first-order chi connectivity index (χ1) is 7.87. The fraction of sp³-hybridized carbons (Fsp3) is 0.917. The molecule has 0 atom stereocenters. The first kappa shape index (κ1) is 14.3. The summed E-state index contributed by atoms with van der Waals surface area (Å²) in [5.74, 6) is 0. The number of hydrogen-bond donors (Lipinski definition) is 2. The van der Waals surface area contributed by atoms with Crippen LogP contribution in [0, 0.1) is 5.41 Å². The average molecular weight is 245 g/mol. The number of nitrogens with one attached hydrogen (secondary N) is 1. The molecule has 0 saturated carbocycles. The van der Waals surface area contributed by atoms with Crippen LogP contribution in [-0.2, 0) is 9.47 Å². The molecule has 1 fully saturated rings. The second kappa shape index (κ2) is 5.69. The molecule has 5 heteroatoms. The molecule has 0 aromatic heterocycles. The molecule has 1 aliphatic heterocycles. The van der Waals surface area contributed by atoms with Gasteiger partial charge in [-0.2, -0.15) is 0 Å². The molecule has 2 N–H and O–H groups in total. The quantitative estimate of drug-likeness (QED) is 0.786. The fourth-order valence-corrected chi connectivity index (χ4v) is 1.71. The molecule has 5 nitrogen and oxygen atoms in total. The molecule has 1 heterocycles. The van der Waals surface area contributed by atoms with Crippen LogP contribution in [0.1, 0.15) is 33.6 Å². The van der Waals surface area contributed by atoms with Crippen LogP contribution in [0.5, 0.6) is 0 Å². The van der Waals surface area contributed by atoms with Crippen molar-refractivity contribution in [3.63, 3.8) is 0 Å². The van der Waals surface area contributed by atoms with E-state index in [9.17, 15) is 9.90 Å². The van der Waals surface area contributed by atoms with E-state index in [4.69, 9.17) is 9.47 Å². The lowest BCUT2D eigenvalue weighted by molar-refractivity contribution is -0.0491. The van der Waals surface area contributed by atoms with Gasteiger partial charge < -0.3 is 19.9 Å². The zero-order valence-electron chi connectivity index (χ0n) is 10.9. The molecule has 1 amide bonds. The minimum absolute atomic E-state index is 0.0269. The molecule has 0 radical (unpaired) electrons. The lowest BCUT2D eigenvalue weighted by atomic mass is 9.82. The Bertz CT molecular complexity index is 254. The van der Waals surface area contributed by atoms with Gasteiger partial charge >= 0.3 is 6.09 Å². The molecular formula is C12H23NO4. The van der Waals surface area contributed by atoms with Crippen LogP contribution in [0.25, 0.3) is 0 Å². The molecule has 1 aliphatic rings. The van der Waals surface area contributed by atoms with Crippen molar-refractivity contribution in [3.05, 3.63) is 0 Å². The van der Waals surface area contributed by atoms with Gasteiger partial charge in [-0.15, -0.1) is 0 Å². The number of ether oxygens (including phenoxy) is 2. The number of rotatable bonds is 3. The van der Waals surface area contributed by atoms with E-state index in [1.54, 1.807) is 0 Å². The molecule has 1 saturated heterocycles. The van der Waals surface area contributed by atoms with Crippen molar-refractivity contribution in [2.45, 2.75) is 39.2 Å². The Kier molecular flexibility index (Phi) is 4.77. The first-order valence-corrected chi connectivity index (χ1v) is 6.00. The normalized spacial score (nSPS) is 19.8. The molecule has 17 heavy (non-hydrogen) atoms. The lowest BCUT2D eigenvalue weighted by Crippen LogP contribution is -2.44. The maximum Gasteiger partial charge on any atom is 0.407 e. The summed E-state index contributed by atoms with van der Waals surface area (Å²) in [4.78, 5) is 11.5. The largest absolute Gasteiger partial charge is 0.449 e. The van der Waals surface area contributed by atoms with Gasteiger partial charge in [0.05, 0.1) is 6.61 Å². The van der Waals surface area contributed by atoms with Crippen molar-refractivity contribution < 1.29 is 19.4 Å². The van der Waals surface area contributed by atoms with Gasteiger partial charge in [-0.3, -0.25) is 0 Å². The van der Waals surface area contributed by atoms with Crippen molar-refractivity contribution in [1.29, 1.82) is 0 Å². The lowest BCUT2D eigenvalue weighted by Gasteiger charge is -2.35. The molecule has 100 valence electrons. The maximum absolute atomic E-state index is 11.5. The van der Waals surface area contributed by atoms with Crippen LogP contribution in [0.3, 0.4) is 0 Å². The number of hydrogen-bond acceptors (Lipinski definition) is 4. The number of alkyl carbamates (subject to hydrolysis) is 1. The second-order valence-electron chi connectivity index (χ2n) is 5.72. The zero-order chi connectivity index (χ0) is 12.9. The van der Waals surface area contributed by atoms with E-state index < -0.39 is 6.09 Å². The summed E-state index contributed by atoms with van der Waals surface area (Å²) in [7, 11) is 0. The van der Waals surface area contributed by atoms with Gasteiger partial charge in [0.1, 0.15) is 6.61 Å². The van der Waals surface area contributed by atoms with Gasteiger partial charge in [0, 0.05) is 24.2 Å². The Hall–Kier alpha value is -0.810. The maximum atomic E-state index is 11.5. The van der Waals surface area contributed by atoms with Gasteiger partial charge in [0.25, 0.3) is 0 Å². The number of carbonyl (C=O) groups excluding carboxylic acids is 1. The van der Waals surface area contributed by atoms with Gasteiger partial charge in [-0.25, -0.2) is 4.79 Å². The highest BCUT2D eigenvalue weighted by Gasteiger charge is 2.33. The van der Waals surface area contributed by atoms with Gasteiger partial charge in [-0.1, -0.05) is 0 Å². The third kappa shape index (κ3) is 4.91. The summed E-state index contributed by atoms with van der Waals surface area (Å²) in [6.45, 7) is 7.18. The number of carbonyl (C=O) groups is 1. The third-order valence-electron chi connectivity index (χ3n) is 2.88. The van der Waals surface area contributed by atoms with E-state index in [1.165, 1.54) is 0 Å². The van der Waals surface area contributed by atoms with E-state index in [0.29, 0.717) is 13.2 Å². The summed E-state index contributed by atoms with van der Waals surface area (Å²) < 4.78 is 10.4. The molecule has 0 bridgehead atoms. The third-order valence-corrected chi connectivity index (χ3v) is 2.88. The Balaban J connectivity index is 2.39. The number of amides is 1. The van der Waals surface area contributed by atoms with Crippen molar-refractivity contribution in [2.75, 3.05) is 26.4 Å². The van der Waals surface area contributed by atoms with E-state index in [0.717, 1.165) is 12.8 Å². The predicted molar refractivity (Wildman–Crippen MR) is 63.8 cm³/mol. The minimum atomic E-state index is -0.434. The summed E-state index contributed by atoms with van der Waals surface area (Å²) in [6, 6.07) is 0. The van der Waals surface area contributed by atoms with Gasteiger partial charge in [-0.05, 0) is 33.6 Å². The van der Waals surface area contributed by atoms with Crippen molar-refractivity contribution in [2.24, 2.45) is 5.41 Å². The molecule has 0 aromatic rings. The molecular weight excluding hydrogens is 222 g/mol. The van der Waals surface area contributed by atoms with Crippen LogP contribution < -0.4 is 5.32 Å². The van der Waals surface area contributed by atoms with Crippen molar-refractivity contribution in [3.8, 4) is 0 Å². The summed E-state index contributed by atoms with van der Waals surface area (Å²) in [5.41, 5.74) is -0.632. The standard InChI is InChI=1S/C12H23NO4/c1-11(2,3)13-10(15)17-9-12(8-14)4-6-16-7-5-12/h14H,4-9H2,1-3H3,(H,13,15). The van der Waals surface area contributed by atoms with Crippen LogP contribution in [0.2, 0.25) is 0 Å². The van der Waals surface area contributed by atoms with E-state index in [2.05, 4.69) is 5.32 Å². The number of aliphatic hydroxyl groups excluding tert-OH is 1. The summed E-state index contributed by atoms with van der Waals surface area (Å²) in [5, 5.41) is 12.1. The van der Waals surface area contributed by atoms with E-state index in [-0.39, 0.29) is 24.2 Å². The van der Waals surface area contributed by atoms with Crippen molar-refractivity contribution >= 4 is 6.09 Å². The van der Waals surface area contributed by atoms with Gasteiger partial charge in [0.15, 0.2) is 0 Å².